The number of rotatable bonds is 7. The third kappa shape index (κ3) is 4.67. The van der Waals surface area contributed by atoms with Crippen molar-refractivity contribution in [2.75, 3.05) is 5.32 Å². The smallest absolute Gasteiger partial charge is 0.425 e. The lowest BCUT2D eigenvalue weighted by Gasteiger charge is -2.19. The minimum atomic E-state index is -4.84. The molecule has 4 rings (SSSR count). The molecule has 2 N–H and O–H groups in total. The monoisotopic (exact) mass is 564 g/mol. The molecular formula is C22H19ClF6N6O3. The van der Waals surface area contributed by atoms with Crippen molar-refractivity contribution in [2.24, 2.45) is 7.05 Å². The Balaban J connectivity index is 2.01. The Morgan fingerprint density at radius 2 is 1.87 bits per heavy atom. The fraction of sp³-hybridized carbons (Fsp3) is 0.318. The Hall–Kier alpha value is -3.72. The lowest BCUT2D eigenvalue weighted by atomic mass is 10.1. The summed E-state index contributed by atoms with van der Waals surface area (Å²) in [6, 6.07) is 2.11. The van der Waals surface area contributed by atoms with Crippen LogP contribution in [0.15, 0.2) is 23.0 Å². The molecule has 0 fully saturated rings. The third-order valence-electron chi connectivity index (χ3n) is 5.63. The summed E-state index contributed by atoms with van der Waals surface area (Å²) < 4.78 is 91.7. The molecule has 0 aliphatic rings. The Kier molecular flexibility index (Phi) is 7.09. The first-order valence-corrected chi connectivity index (χ1v) is 11.3. The van der Waals surface area contributed by atoms with Gasteiger partial charge in [-0.25, -0.2) is 18.0 Å². The quantitative estimate of drug-likeness (QED) is 0.319. The van der Waals surface area contributed by atoms with Gasteiger partial charge in [0.1, 0.15) is 29.4 Å². The van der Waals surface area contributed by atoms with Gasteiger partial charge < -0.3 is 15.2 Å². The number of hydrogen-bond donors (Lipinski definition) is 2. The third-order valence-corrected chi connectivity index (χ3v) is 5.93. The summed E-state index contributed by atoms with van der Waals surface area (Å²) in [5.41, 5.74) is -2.37. The van der Waals surface area contributed by atoms with Crippen LogP contribution in [0.1, 0.15) is 19.7 Å². The van der Waals surface area contributed by atoms with E-state index in [1.54, 1.807) is 6.92 Å². The van der Waals surface area contributed by atoms with Crippen molar-refractivity contribution in [1.29, 1.82) is 0 Å². The molecular weight excluding hydrogens is 546 g/mol. The van der Waals surface area contributed by atoms with E-state index in [2.05, 4.69) is 15.5 Å². The second-order valence-corrected chi connectivity index (χ2v) is 8.49. The zero-order valence-corrected chi connectivity index (χ0v) is 20.6. The minimum absolute atomic E-state index is 0.0663. The molecule has 1 atom stereocenters. The number of aliphatic hydroxyl groups excluding tert-OH is 1. The summed E-state index contributed by atoms with van der Waals surface area (Å²) in [6.07, 6.45) is -7.24. The number of anilines is 2. The van der Waals surface area contributed by atoms with Crippen LogP contribution in [0.25, 0.3) is 16.6 Å². The molecule has 9 nitrogen and oxygen atoms in total. The SMILES string of the molecule is CCn1c(CO)nn(-c2cc(O[C@@H](C)C(F)(F)F)c3c(Nc4c(F)cc(F)cc4Cl)nn(C)c3c2F)c1=O. The van der Waals surface area contributed by atoms with Crippen LogP contribution in [0.2, 0.25) is 5.02 Å². The van der Waals surface area contributed by atoms with Gasteiger partial charge in [-0.05, 0) is 19.9 Å². The first kappa shape index (κ1) is 27.3. The first-order chi connectivity index (χ1) is 17.8. The summed E-state index contributed by atoms with van der Waals surface area (Å²) >= 11 is 5.92. The summed E-state index contributed by atoms with van der Waals surface area (Å²) in [5, 5.41) is 19.1. The fourth-order valence-electron chi connectivity index (χ4n) is 3.79. The molecule has 0 saturated heterocycles. The summed E-state index contributed by atoms with van der Waals surface area (Å²) in [6.45, 7) is 1.68. The van der Waals surface area contributed by atoms with Crippen molar-refractivity contribution < 1.29 is 36.2 Å². The van der Waals surface area contributed by atoms with Crippen LogP contribution in [0, 0.1) is 17.5 Å². The van der Waals surface area contributed by atoms with Gasteiger partial charge in [0, 0.05) is 25.7 Å². The van der Waals surface area contributed by atoms with E-state index in [0.717, 1.165) is 21.4 Å². The molecule has 0 aliphatic heterocycles. The number of aromatic nitrogens is 5. The van der Waals surface area contributed by atoms with E-state index in [-0.39, 0.29) is 23.6 Å². The van der Waals surface area contributed by atoms with E-state index in [1.807, 2.05) is 0 Å². The van der Waals surface area contributed by atoms with Gasteiger partial charge in [0.2, 0.25) is 0 Å². The average Bonchev–Trinajstić information content (AvgIpc) is 3.33. The minimum Gasteiger partial charge on any atom is -0.480 e. The molecule has 4 aromatic rings. The van der Waals surface area contributed by atoms with Gasteiger partial charge in [0.15, 0.2) is 29.4 Å². The van der Waals surface area contributed by atoms with Crippen molar-refractivity contribution in [3.8, 4) is 11.4 Å². The highest BCUT2D eigenvalue weighted by Crippen LogP contribution is 2.41. The van der Waals surface area contributed by atoms with Crippen LogP contribution in [-0.2, 0) is 20.2 Å². The second-order valence-electron chi connectivity index (χ2n) is 8.09. The van der Waals surface area contributed by atoms with E-state index >= 15 is 4.39 Å². The lowest BCUT2D eigenvalue weighted by Crippen LogP contribution is -2.31. The normalized spacial score (nSPS) is 12.8. The van der Waals surface area contributed by atoms with Gasteiger partial charge in [-0.15, -0.1) is 5.10 Å². The molecule has 0 amide bonds. The van der Waals surface area contributed by atoms with E-state index in [0.29, 0.717) is 17.7 Å². The zero-order valence-electron chi connectivity index (χ0n) is 19.9. The van der Waals surface area contributed by atoms with Gasteiger partial charge in [-0.3, -0.25) is 9.25 Å². The highest BCUT2D eigenvalue weighted by molar-refractivity contribution is 6.33. The summed E-state index contributed by atoms with van der Waals surface area (Å²) in [5.74, 6) is -4.33. The topological polar surface area (TPSA) is 99.1 Å². The van der Waals surface area contributed by atoms with E-state index in [1.165, 1.54) is 7.05 Å². The van der Waals surface area contributed by atoms with Crippen LogP contribution in [-0.4, -0.2) is 41.5 Å². The van der Waals surface area contributed by atoms with Crippen LogP contribution in [0.4, 0.5) is 37.8 Å². The van der Waals surface area contributed by atoms with Crippen LogP contribution in [0.3, 0.4) is 0 Å². The number of nitrogens with one attached hydrogen (secondary N) is 1. The molecule has 2 heterocycles. The molecule has 38 heavy (non-hydrogen) atoms. The van der Waals surface area contributed by atoms with Crippen LogP contribution >= 0.6 is 11.6 Å². The zero-order chi connectivity index (χ0) is 28.1. The number of ether oxygens (including phenoxy) is 1. The maximum absolute atomic E-state index is 15.9. The molecule has 0 radical (unpaired) electrons. The van der Waals surface area contributed by atoms with E-state index < -0.39 is 69.7 Å². The molecule has 16 heteroatoms. The highest BCUT2D eigenvalue weighted by Gasteiger charge is 2.39. The van der Waals surface area contributed by atoms with Gasteiger partial charge in [0.25, 0.3) is 0 Å². The molecule has 204 valence electrons. The highest BCUT2D eigenvalue weighted by atomic mass is 35.5. The van der Waals surface area contributed by atoms with Crippen molar-refractivity contribution in [3.05, 3.63) is 57.0 Å². The van der Waals surface area contributed by atoms with Crippen molar-refractivity contribution >= 4 is 34.0 Å². The second kappa shape index (κ2) is 9.87. The van der Waals surface area contributed by atoms with Crippen molar-refractivity contribution in [1.82, 2.24) is 24.1 Å². The molecule has 0 bridgehead atoms. The number of benzene rings is 2. The summed E-state index contributed by atoms with van der Waals surface area (Å²) in [7, 11) is 1.24. The first-order valence-electron chi connectivity index (χ1n) is 10.9. The number of aliphatic hydroxyl groups is 1. The fourth-order valence-corrected chi connectivity index (χ4v) is 4.03. The lowest BCUT2D eigenvalue weighted by molar-refractivity contribution is -0.188. The predicted octanol–water partition coefficient (Wildman–Crippen LogP) is 4.58. The van der Waals surface area contributed by atoms with Crippen LogP contribution in [0.5, 0.6) is 5.75 Å². The number of halogens is 7. The largest absolute Gasteiger partial charge is 0.480 e. The Labute approximate surface area is 214 Å². The van der Waals surface area contributed by atoms with E-state index in [4.69, 9.17) is 16.3 Å². The van der Waals surface area contributed by atoms with Gasteiger partial charge >= 0.3 is 11.9 Å². The molecule has 0 spiro atoms. The number of fused-ring (bicyclic) bond motifs is 1. The van der Waals surface area contributed by atoms with Gasteiger partial charge in [-0.1, -0.05) is 11.6 Å². The Morgan fingerprint density at radius 1 is 1.18 bits per heavy atom. The number of aryl methyl sites for hydroxylation is 1. The maximum Gasteiger partial charge on any atom is 0.425 e. The molecule has 2 aromatic carbocycles. The average molecular weight is 565 g/mol. The molecule has 0 aliphatic carbocycles. The van der Waals surface area contributed by atoms with Gasteiger partial charge in [-0.2, -0.15) is 23.0 Å². The van der Waals surface area contributed by atoms with Crippen LogP contribution < -0.4 is 15.7 Å². The number of alkyl halides is 3. The predicted molar refractivity (Wildman–Crippen MR) is 124 cm³/mol. The van der Waals surface area contributed by atoms with Crippen molar-refractivity contribution in [3.63, 3.8) is 0 Å². The number of nitrogens with zero attached hydrogens (tertiary/aromatic N) is 5. The molecule has 2 aromatic heterocycles. The molecule has 0 unspecified atom stereocenters. The Morgan fingerprint density at radius 3 is 2.42 bits per heavy atom. The maximum atomic E-state index is 15.9. The standard InChI is InChI=1S/C22H19ClF6N6O3/c1-4-34-15(8-36)31-35(21(34)37)13-7-14(38-9(2)22(27,28)29)16-19(17(13)26)33(3)32-20(16)30-18-11(23)5-10(24)6-12(18)25/h5-7,9,36H,4,8H2,1-3H3,(H,30,32)/t9-/m0/s1. The number of hydrogen-bond acceptors (Lipinski definition) is 6. The summed E-state index contributed by atoms with van der Waals surface area (Å²) in [4.78, 5) is 12.8. The van der Waals surface area contributed by atoms with E-state index in [9.17, 15) is 31.9 Å². The van der Waals surface area contributed by atoms with Gasteiger partial charge in [0.05, 0.1) is 16.1 Å². The molecule has 0 saturated carbocycles. The Bertz CT molecular complexity index is 1570. The van der Waals surface area contributed by atoms with Crippen molar-refractivity contribution in [2.45, 2.75) is 39.3 Å².